The van der Waals surface area contributed by atoms with E-state index in [1.54, 1.807) is 11.0 Å². The number of aliphatic carboxylic acids is 1. The first-order valence-electron chi connectivity index (χ1n) is 12.0. The smallest absolute Gasteiger partial charge is 0.422 e. The van der Waals surface area contributed by atoms with Crippen molar-refractivity contribution in [3.63, 3.8) is 0 Å². The molecule has 198 valence electrons. The van der Waals surface area contributed by atoms with E-state index in [0.29, 0.717) is 30.1 Å². The Kier molecular flexibility index (Phi) is 7.09. The Morgan fingerprint density at radius 1 is 1.13 bits per heavy atom. The average Bonchev–Trinajstić information content (AvgIpc) is 3.30. The molecule has 3 aromatic carbocycles. The number of carboxylic acids is 1. The molecule has 7 nitrogen and oxygen atoms in total. The number of rotatable bonds is 7. The quantitative estimate of drug-likeness (QED) is 0.331. The summed E-state index contributed by atoms with van der Waals surface area (Å²) in [6.07, 6.45) is -4.55. The molecule has 10 heteroatoms. The highest BCUT2D eigenvalue weighted by atomic mass is 19.4. The van der Waals surface area contributed by atoms with Crippen LogP contribution in [0.1, 0.15) is 11.1 Å². The van der Waals surface area contributed by atoms with Gasteiger partial charge < -0.3 is 19.0 Å². The zero-order valence-corrected chi connectivity index (χ0v) is 20.5. The maximum atomic E-state index is 13.0. The molecular formula is C28H25F3N2O5. The van der Waals surface area contributed by atoms with E-state index < -0.39 is 24.8 Å². The summed E-state index contributed by atoms with van der Waals surface area (Å²) in [5.74, 6) is -0.784. The van der Waals surface area contributed by atoms with Gasteiger partial charge in [-0.3, -0.25) is 9.69 Å². The third-order valence-electron chi connectivity index (χ3n) is 6.51. The Labute approximate surface area is 216 Å². The molecule has 2 heterocycles. The van der Waals surface area contributed by atoms with Crippen LogP contribution in [0, 0.1) is 6.92 Å². The van der Waals surface area contributed by atoms with Gasteiger partial charge in [-0.15, -0.1) is 0 Å². The molecule has 1 aromatic heterocycles. The highest BCUT2D eigenvalue weighted by Gasteiger charge is 2.32. The molecule has 0 bridgehead atoms. The molecule has 1 aliphatic heterocycles. The summed E-state index contributed by atoms with van der Waals surface area (Å²) in [5, 5.41) is 9.57. The van der Waals surface area contributed by atoms with Crippen LogP contribution in [0.4, 0.5) is 13.2 Å². The lowest BCUT2D eigenvalue weighted by Gasteiger charge is -2.33. The molecule has 38 heavy (non-hydrogen) atoms. The zero-order chi connectivity index (χ0) is 26.9. The molecule has 1 N–H and O–H groups in total. The van der Waals surface area contributed by atoms with Crippen LogP contribution in [0.25, 0.3) is 33.7 Å². The SMILES string of the molecule is Cc1c(-c2ccccc2)cccc1-c1nc2cc(CN3CCOCC3C(=O)O)c(OCC(F)(F)F)cc2o1. The second kappa shape index (κ2) is 10.5. The van der Waals surface area contributed by atoms with Gasteiger partial charge in [0.05, 0.1) is 13.2 Å². The predicted octanol–water partition coefficient (Wildman–Crippen LogP) is 5.70. The molecule has 5 rings (SSSR count). The highest BCUT2D eigenvalue weighted by Crippen LogP contribution is 2.35. The standard InChI is InChI=1S/C28H25F3N2O5/c1-17-20(18-6-3-2-4-7-18)8-5-9-21(17)26-32-22-12-19(14-33-10-11-36-15-23(33)27(34)35)24(13-25(22)38-26)37-16-28(29,30)31/h2-9,12-13,23H,10-11,14-16H2,1H3,(H,34,35). The third kappa shape index (κ3) is 5.51. The molecular weight excluding hydrogens is 501 g/mol. The number of benzene rings is 3. The monoisotopic (exact) mass is 526 g/mol. The van der Waals surface area contributed by atoms with Gasteiger partial charge in [-0.25, -0.2) is 4.98 Å². The van der Waals surface area contributed by atoms with Crippen LogP contribution in [-0.2, 0) is 16.1 Å². The minimum atomic E-state index is -4.55. The van der Waals surface area contributed by atoms with Gasteiger partial charge >= 0.3 is 12.1 Å². The lowest BCUT2D eigenvalue weighted by Crippen LogP contribution is -2.49. The fourth-order valence-corrected chi connectivity index (χ4v) is 4.60. The topological polar surface area (TPSA) is 85.0 Å². The summed E-state index contributed by atoms with van der Waals surface area (Å²) < 4.78 is 55.4. The largest absolute Gasteiger partial charge is 0.484 e. The van der Waals surface area contributed by atoms with Crippen molar-refractivity contribution in [2.75, 3.05) is 26.4 Å². The van der Waals surface area contributed by atoms with Gasteiger partial charge in [0.2, 0.25) is 5.89 Å². The fourth-order valence-electron chi connectivity index (χ4n) is 4.60. The summed E-state index contributed by atoms with van der Waals surface area (Å²) in [6.45, 7) is 1.13. The van der Waals surface area contributed by atoms with Crippen LogP contribution < -0.4 is 4.74 Å². The van der Waals surface area contributed by atoms with Crippen molar-refractivity contribution in [1.82, 2.24) is 9.88 Å². The molecule has 0 radical (unpaired) electrons. The van der Waals surface area contributed by atoms with Crippen molar-refractivity contribution in [2.24, 2.45) is 0 Å². The van der Waals surface area contributed by atoms with Gasteiger partial charge in [-0.2, -0.15) is 13.2 Å². The lowest BCUT2D eigenvalue weighted by molar-refractivity contribution is -0.153. The molecule has 0 amide bonds. The predicted molar refractivity (Wildman–Crippen MR) is 134 cm³/mol. The average molecular weight is 527 g/mol. The second-order valence-electron chi connectivity index (χ2n) is 9.09. The molecule has 0 saturated carbocycles. The van der Waals surface area contributed by atoms with Gasteiger partial charge in [0, 0.05) is 30.3 Å². The molecule has 4 aromatic rings. The van der Waals surface area contributed by atoms with Crippen LogP contribution in [0.2, 0.25) is 0 Å². The van der Waals surface area contributed by atoms with Gasteiger partial charge in [0.25, 0.3) is 0 Å². The number of ether oxygens (including phenoxy) is 2. The Morgan fingerprint density at radius 3 is 2.63 bits per heavy atom. The number of alkyl halides is 3. The minimum Gasteiger partial charge on any atom is -0.484 e. The summed E-state index contributed by atoms with van der Waals surface area (Å²) in [4.78, 5) is 18.0. The van der Waals surface area contributed by atoms with Crippen LogP contribution >= 0.6 is 0 Å². The maximum absolute atomic E-state index is 13.0. The van der Waals surface area contributed by atoms with Gasteiger partial charge in [0.15, 0.2) is 12.2 Å². The first-order valence-corrected chi connectivity index (χ1v) is 12.0. The molecule has 1 fully saturated rings. The van der Waals surface area contributed by atoms with E-state index in [1.807, 2.05) is 55.5 Å². The summed E-state index contributed by atoms with van der Waals surface area (Å²) in [7, 11) is 0. The summed E-state index contributed by atoms with van der Waals surface area (Å²) in [5.41, 5.74) is 4.81. The Morgan fingerprint density at radius 2 is 1.89 bits per heavy atom. The second-order valence-corrected chi connectivity index (χ2v) is 9.09. The number of carbonyl (C=O) groups is 1. The first kappa shape index (κ1) is 25.7. The molecule has 1 aliphatic rings. The molecule has 1 saturated heterocycles. The first-order chi connectivity index (χ1) is 18.2. The molecule has 1 unspecified atom stereocenters. The molecule has 1 atom stereocenters. The maximum Gasteiger partial charge on any atom is 0.422 e. The number of hydrogen-bond acceptors (Lipinski definition) is 6. The zero-order valence-electron chi connectivity index (χ0n) is 20.5. The van der Waals surface area contributed by atoms with Gasteiger partial charge in [-0.05, 0) is 35.7 Å². The number of halogens is 3. The van der Waals surface area contributed by atoms with Crippen molar-refractivity contribution in [2.45, 2.75) is 25.7 Å². The number of fused-ring (bicyclic) bond motifs is 1. The number of carboxylic acid groups (broad SMARTS) is 1. The van der Waals surface area contributed by atoms with E-state index in [4.69, 9.17) is 13.9 Å². The van der Waals surface area contributed by atoms with E-state index in [-0.39, 0.29) is 24.5 Å². The van der Waals surface area contributed by atoms with E-state index in [9.17, 15) is 23.1 Å². The van der Waals surface area contributed by atoms with E-state index >= 15 is 0 Å². The van der Waals surface area contributed by atoms with Crippen molar-refractivity contribution in [3.05, 3.63) is 71.8 Å². The summed E-state index contributed by atoms with van der Waals surface area (Å²) >= 11 is 0. The third-order valence-corrected chi connectivity index (χ3v) is 6.51. The highest BCUT2D eigenvalue weighted by molar-refractivity contribution is 5.82. The molecule has 0 spiro atoms. The normalized spacial score (nSPS) is 16.6. The minimum absolute atomic E-state index is 0.0124. The van der Waals surface area contributed by atoms with Crippen molar-refractivity contribution < 1.29 is 37.0 Å². The van der Waals surface area contributed by atoms with Gasteiger partial charge in [-0.1, -0.05) is 42.5 Å². The number of hydrogen-bond donors (Lipinski definition) is 1. The van der Waals surface area contributed by atoms with E-state index in [0.717, 1.165) is 22.3 Å². The summed E-state index contributed by atoms with van der Waals surface area (Å²) in [6, 6.07) is 17.7. The van der Waals surface area contributed by atoms with Crippen LogP contribution in [0.5, 0.6) is 5.75 Å². The van der Waals surface area contributed by atoms with Crippen molar-refractivity contribution >= 4 is 17.1 Å². The van der Waals surface area contributed by atoms with Crippen LogP contribution in [0.3, 0.4) is 0 Å². The Bertz CT molecular complexity index is 1450. The molecule has 0 aliphatic carbocycles. The Hall–Kier alpha value is -3.89. The number of nitrogens with zero attached hydrogens (tertiary/aromatic N) is 2. The van der Waals surface area contributed by atoms with E-state index in [1.165, 1.54) is 6.07 Å². The number of oxazole rings is 1. The van der Waals surface area contributed by atoms with Crippen molar-refractivity contribution in [1.29, 1.82) is 0 Å². The van der Waals surface area contributed by atoms with Crippen molar-refractivity contribution in [3.8, 4) is 28.3 Å². The van der Waals surface area contributed by atoms with Crippen LogP contribution in [-0.4, -0.2) is 59.5 Å². The lowest BCUT2D eigenvalue weighted by atomic mass is 9.96. The van der Waals surface area contributed by atoms with Crippen LogP contribution in [0.15, 0.2) is 65.1 Å². The Balaban J connectivity index is 1.54. The fraction of sp³-hybridized carbons (Fsp3) is 0.286. The number of aromatic nitrogens is 1. The number of morpholine rings is 1. The van der Waals surface area contributed by atoms with Gasteiger partial charge in [0.1, 0.15) is 17.3 Å². The van der Waals surface area contributed by atoms with E-state index in [2.05, 4.69) is 4.98 Å².